The molecule has 184 valence electrons. The number of pyridine rings is 1. The highest BCUT2D eigenvalue weighted by Crippen LogP contribution is 2.32. The molecule has 1 N–H and O–H groups in total. The zero-order chi connectivity index (χ0) is 26.0. The standard InChI is InChI=1S/C26H23F3N6O/c1-17(30-15-14-18-8-3-2-4-9-18)22-13-7-10-19(31-22)16-36-24-21-12-6-5-11-20(21)23-32-33-25(26(27,28)29)35(23)34-24/h2-13,17,30H,14-16H2,1H3/t17-/m0/s1/i3T. The molecule has 0 aliphatic rings. The van der Waals surface area contributed by atoms with Crippen molar-refractivity contribution in [3.63, 3.8) is 0 Å². The van der Waals surface area contributed by atoms with E-state index in [9.17, 15) is 13.2 Å². The zero-order valence-corrected chi connectivity index (χ0v) is 19.3. The number of alkyl halides is 3. The maximum absolute atomic E-state index is 13.4. The van der Waals surface area contributed by atoms with E-state index < -0.39 is 12.0 Å². The molecule has 0 unspecified atom stereocenters. The van der Waals surface area contributed by atoms with Gasteiger partial charge in [0.1, 0.15) is 6.61 Å². The summed E-state index contributed by atoms with van der Waals surface area (Å²) in [6.07, 6.45) is -3.93. The van der Waals surface area contributed by atoms with E-state index in [0.29, 0.717) is 33.6 Å². The molecule has 0 radical (unpaired) electrons. The first-order chi connectivity index (χ1) is 17.8. The lowest BCUT2D eigenvalue weighted by Gasteiger charge is -2.15. The van der Waals surface area contributed by atoms with E-state index in [1.54, 1.807) is 36.4 Å². The average molecular weight is 495 g/mol. The Bertz CT molecular complexity index is 1550. The number of rotatable bonds is 8. The van der Waals surface area contributed by atoms with Crippen LogP contribution in [0.5, 0.6) is 5.88 Å². The van der Waals surface area contributed by atoms with Crippen molar-refractivity contribution >= 4 is 16.4 Å². The molecule has 5 aromatic rings. The van der Waals surface area contributed by atoms with E-state index in [0.717, 1.165) is 17.7 Å². The third kappa shape index (κ3) is 4.99. The monoisotopic (exact) mass is 494 g/mol. The van der Waals surface area contributed by atoms with Crippen LogP contribution in [0.4, 0.5) is 13.2 Å². The zero-order valence-electron chi connectivity index (χ0n) is 20.3. The Hall–Kier alpha value is -4.05. The second-order valence-electron chi connectivity index (χ2n) is 8.29. The topological polar surface area (TPSA) is 77.2 Å². The molecule has 0 fully saturated rings. The van der Waals surface area contributed by atoms with Crippen LogP contribution in [0.3, 0.4) is 0 Å². The summed E-state index contributed by atoms with van der Waals surface area (Å²) >= 11 is 0. The normalized spacial score (nSPS) is 13.2. The van der Waals surface area contributed by atoms with Gasteiger partial charge < -0.3 is 10.1 Å². The van der Waals surface area contributed by atoms with Crippen LogP contribution in [0.25, 0.3) is 16.4 Å². The van der Waals surface area contributed by atoms with E-state index in [2.05, 4.69) is 25.6 Å². The Morgan fingerprint density at radius 1 is 1.00 bits per heavy atom. The highest BCUT2D eigenvalue weighted by atomic mass is 19.4. The number of ether oxygens (including phenoxy) is 1. The second kappa shape index (κ2) is 9.90. The quantitative estimate of drug-likeness (QED) is 0.321. The molecule has 7 nitrogen and oxygen atoms in total. The van der Waals surface area contributed by atoms with Crippen LogP contribution in [0, 0.1) is 0 Å². The van der Waals surface area contributed by atoms with Gasteiger partial charge in [-0.3, -0.25) is 4.98 Å². The summed E-state index contributed by atoms with van der Waals surface area (Å²) in [5.74, 6) is -1.18. The smallest absolute Gasteiger partial charge is 0.453 e. The van der Waals surface area contributed by atoms with Crippen molar-refractivity contribution in [2.24, 2.45) is 0 Å². The molecule has 0 saturated heterocycles. The van der Waals surface area contributed by atoms with Gasteiger partial charge in [0.15, 0.2) is 5.65 Å². The van der Waals surface area contributed by atoms with E-state index >= 15 is 0 Å². The first-order valence-electron chi connectivity index (χ1n) is 11.9. The summed E-state index contributed by atoms with van der Waals surface area (Å²) in [7, 11) is 0. The van der Waals surface area contributed by atoms with Crippen LogP contribution in [0.2, 0.25) is 0 Å². The molecule has 36 heavy (non-hydrogen) atoms. The number of halogens is 3. The predicted octanol–water partition coefficient (Wildman–Crippen LogP) is 5.16. The highest BCUT2D eigenvalue weighted by Gasteiger charge is 2.38. The molecule has 0 amide bonds. The molecule has 10 heteroatoms. The van der Waals surface area contributed by atoms with E-state index in [4.69, 9.17) is 6.11 Å². The molecule has 3 aromatic heterocycles. The van der Waals surface area contributed by atoms with Gasteiger partial charge >= 0.3 is 6.18 Å². The van der Waals surface area contributed by atoms with Crippen molar-refractivity contribution in [2.45, 2.75) is 32.2 Å². The third-order valence-electron chi connectivity index (χ3n) is 5.75. The molecule has 0 spiro atoms. The van der Waals surface area contributed by atoms with Gasteiger partial charge in [0.25, 0.3) is 5.82 Å². The van der Waals surface area contributed by atoms with Crippen LogP contribution in [-0.2, 0) is 19.2 Å². The fourth-order valence-corrected chi connectivity index (χ4v) is 3.92. The SMILES string of the molecule is [3H]c1cccc(CCN[C@@H](C)c2cccc(COc3nn4c(C(F)(F)F)nnc4c4ccccc34)n2)c1. The maximum atomic E-state index is 13.4. The van der Waals surface area contributed by atoms with E-state index in [1.807, 2.05) is 37.3 Å². The van der Waals surface area contributed by atoms with Gasteiger partial charge in [-0.2, -0.15) is 17.7 Å². The number of nitrogens with one attached hydrogen (secondary N) is 1. The maximum Gasteiger partial charge on any atom is 0.453 e. The molecule has 1 atom stereocenters. The second-order valence-corrected chi connectivity index (χ2v) is 8.29. The first-order valence-corrected chi connectivity index (χ1v) is 11.4. The van der Waals surface area contributed by atoms with Crippen molar-refractivity contribution in [2.75, 3.05) is 6.54 Å². The van der Waals surface area contributed by atoms with Gasteiger partial charge in [-0.1, -0.05) is 54.6 Å². The average Bonchev–Trinajstić information content (AvgIpc) is 3.32. The lowest BCUT2D eigenvalue weighted by molar-refractivity contribution is -0.146. The van der Waals surface area contributed by atoms with Crippen molar-refractivity contribution in [1.82, 2.24) is 30.1 Å². The molecule has 5 rings (SSSR count). The minimum atomic E-state index is -4.71. The fourth-order valence-electron chi connectivity index (χ4n) is 3.92. The van der Waals surface area contributed by atoms with Crippen molar-refractivity contribution in [3.05, 3.63) is 95.5 Å². The minimum absolute atomic E-state index is 0.00440. The van der Waals surface area contributed by atoms with Crippen molar-refractivity contribution in [3.8, 4) is 5.88 Å². The van der Waals surface area contributed by atoms with Gasteiger partial charge in [0, 0.05) is 16.8 Å². The third-order valence-corrected chi connectivity index (χ3v) is 5.75. The lowest BCUT2D eigenvalue weighted by Crippen LogP contribution is -2.22. The number of benzene rings is 2. The molecule has 3 heterocycles. The summed E-state index contributed by atoms with van der Waals surface area (Å²) in [5, 5.41) is 15.5. The number of hydrogen-bond acceptors (Lipinski definition) is 6. The van der Waals surface area contributed by atoms with Gasteiger partial charge in [-0.25, -0.2) is 0 Å². The number of nitrogens with zero attached hydrogens (tertiary/aromatic N) is 5. The fraction of sp³-hybridized carbons (Fsp3) is 0.231. The molecular weight excluding hydrogens is 469 g/mol. The molecule has 0 aliphatic heterocycles. The van der Waals surface area contributed by atoms with Crippen LogP contribution in [0.1, 0.15) is 37.1 Å². The molecule has 0 saturated carbocycles. The van der Waals surface area contributed by atoms with Crippen LogP contribution < -0.4 is 10.1 Å². The Kier molecular flexibility index (Phi) is 6.17. The summed E-state index contributed by atoms with van der Waals surface area (Å²) in [4.78, 5) is 4.66. The van der Waals surface area contributed by atoms with Gasteiger partial charge in [0.05, 0.1) is 12.8 Å². The van der Waals surface area contributed by atoms with Crippen molar-refractivity contribution in [1.29, 1.82) is 0 Å². The van der Waals surface area contributed by atoms with Crippen molar-refractivity contribution < 1.29 is 19.3 Å². The van der Waals surface area contributed by atoms with Gasteiger partial charge in [-0.05, 0) is 43.7 Å². The summed E-state index contributed by atoms with van der Waals surface area (Å²) in [5.41, 5.74) is 2.51. The highest BCUT2D eigenvalue weighted by molar-refractivity contribution is 5.96. The van der Waals surface area contributed by atoms with Gasteiger partial charge in [0.2, 0.25) is 5.88 Å². The summed E-state index contributed by atoms with van der Waals surface area (Å²) in [6.45, 7) is 2.73. The number of fused-ring (bicyclic) bond motifs is 3. The summed E-state index contributed by atoms with van der Waals surface area (Å²) in [6, 6.07) is 20.3. The summed E-state index contributed by atoms with van der Waals surface area (Å²) < 4.78 is 54.6. The minimum Gasteiger partial charge on any atom is -0.470 e. The van der Waals surface area contributed by atoms with E-state index in [1.165, 1.54) is 0 Å². The van der Waals surface area contributed by atoms with E-state index in [-0.39, 0.29) is 24.2 Å². The Morgan fingerprint density at radius 2 is 1.81 bits per heavy atom. The Labute approximate surface area is 206 Å². The number of hydrogen-bond donors (Lipinski definition) is 1. The Balaban J connectivity index is 1.32. The molecule has 0 aliphatic carbocycles. The van der Waals surface area contributed by atoms with Crippen LogP contribution in [0.15, 0.2) is 72.8 Å². The lowest BCUT2D eigenvalue weighted by atomic mass is 10.1. The molecular formula is C26H23F3N6O. The first kappa shape index (κ1) is 22.4. The predicted molar refractivity (Wildman–Crippen MR) is 128 cm³/mol. The Morgan fingerprint density at radius 3 is 2.61 bits per heavy atom. The van der Waals surface area contributed by atoms with Crippen LogP contribution >= 0.6 is 0 Å². The molecule has 2 aromatic carbocycles. The largest absolute Gasteiger partial charge is 0.470 e. The van der Waals surface area contributed by atoms with Gasteiger partial charge in [-0.15, -0.1) is 15.3 Å². The molecule has 0 bridgehead atoms. The van der Waals surface area contributed by atoms with Crippen LogP contribution in [-0.4, -0.2) is 31.3 Å². The number of aromatic nitrogens is 5.